The zero-order chi connectivity index (χ0) is 33.7. The monoisotopic (exact) mass is 644 g/mol. The van der Waals surface area contributed by atoms with E-state index in [1.807, 2.05) is 6.92 Å². The predicted molar refractivity (Wildman–Crippen MR) is 186 cm³/mol. The first kappa shape index (κ1) is 37.3. The van der Waals surface area contributed by atoms with Gasteiger partial charge in [-0.1, -0.05) is 84.5 Å². The Labute approximate surface area is 281 Å². The van der Waals surface area contributed by atoms with Crippen LogP contribution in [0.5, 0.6) is 17.2 Å². The summed E-state index contributed by atoms with van der Waals surface area (Å²) in [6.45, 7) is 6.93. The molecule has 0 bridgehead atoms. The fourth-order valence-corrected chi connectivity index (χ4v) is 5.11. The van der Waals surface area contributed by atoms with Gasteiger partial charge in [0.1, 0.15) is 17.2 Å². The second kappa shape index (κ2) is 21.6. The molecule has 0 aliphatic heterocycles. The minimum absolute atomic E-state index is 0.155. The highest BCUT2D eigenvalue weighted by Gasteiger charge is 2.15. The van der Waals surface area contributed by atoms with Gasteiger partial charge >= 0.3 is 17.9 Å². The molecule has 0 aliphatic rings. The fraction of sp³-hybridized carbons (Fsp3) is 0.475. The lowest BCUT2D eigenvalue weighted by molar-refractivity contribution is 0.0319. The summed E-state index contributed by atoms with van der Waals surface area (Å²) in [5.41, 5.74) is 1.08. The molecule has 0 saturated heterocycles. The first-order valence-electron chi connectivity index (χ1n) is 17.5. The zero-order valence-corrected chi connectivity index (χ0v) is 28.5. The van der Waals surface area contributed by atoms with Crippen molar-refractivity contribution >= 4 is 17.9 Å². The van der Waals surface area contributed by atoms with Crippen molar-refractivity contribution in [1.82, 2.24) is 0 Å². The summed E-state index contributed by atoms with van der Waals surface area (Å²) in [6.07, 6.45) is 16.7. The fourth-order valence-electron chi connectivity index (χ4n) is 5.11. The summed E-state index contributed by atoms with van der Waals surface area (Å²) in [5, 5.41) is 0. The molecule has 0 aromatic heterocycles. The third kappa shape index (κ3) is 14.4. The molecule has 47 heavy (non-hydrogen) atoms. The number of hydrogen-bond donors (Lipinski definition) is 0. The van der Waals surface area contributed by atoms with Crippen LogP contribution in [0, 0.1) is 0 Å². The number of ether oxygens (including phenoxy) is 4. The molecule has 0 N–H and O–H groups in total. The van der Waals surface area contributed by atoms with Gasteiger partial charge in [-0.2, -0.15) is 0 Å². The van der Waals surface area contributed by atoms with Crippen LogP contribution in [0.3, 0.4) is 0 Å². The van der Waals surface area contributed by atoms with Crippen LogP contribution >= 0.6 is 0 Å². The van der Waals surface area contributed by atoms with Crippen molar-refractivity contribution in [2.24, 2.45) is 0 Å². The SMILES string of the molecule is CCCCCCCCCCCCOc1ccc(C(=O)Oc2ccc(C(=O)Oc3ccc(C(=O)OC(C)CCCCC)cc3)cc2)cc1. The van der Waals surface area contributed by atoms with Gasteiger partial charge < -0.3 is 18.9 Å². The Morgan fingerprint density at radius 2 is 0.872 bits per heavy atom. The molecule has 3 aromatic carbocycles. The van der Waals surface area contributed by atoms with Crippen LogP contribution in [-0.2, 0) is 4.74 Å². The third-order valence-corrected chi connectivity index (χ3v) is 7.98. The lowest BCUT2D eigenvalue weighted by Gasteiger charge is -2.13. The molecule has 3 aromatic rings. The molecular formula is C40H52O7. The van der Waals surface area contributed by atoms with Gasteiger partial charge in [0.2, 0.25) is 0 Å². The van der Waals surface area contributed by atoms with E-state index in [9.17, 15) is 14.4 Å². The molecule has 0 saturated carbocycles. The van der Waals surface area contributed by atoms with Crippen LogP contribution in [0.2, 0.25) is 0 Å². The van der Waals surface area contributed by atoms with E-state index in [4.69, 9.17) is 18.9 Å². The van der Waals surface area contributed by atoms with E-state index in [1.54, 1.807) is 60.7 Å². The normalized spacial score (nSPS) is 11.5. The van der Waals surface area contributed by atoms with Crippen LogP contribution < -0.4 is 14.2 Å². The lowest BCUT2D eigenvalue weighted by atomic mass is 10.1. The topological polar surface area (TPSA) is 88.1 Å². The van der Waals surface area contributed by atoms with Gasteiger partial charge in [0.25, 0.3) is 0 Å². The Morgan fingerprint density at radius 3 is 1.34 bits per heavy atom. The second-order valence-electron chi connectivity index (χ2n) is 12.1. The molecule has 0 amide bonds. The highest BCUT2D eigenvalue weighted by Crippen LogP contribution is 2.20. The van der Waals surface area contributed by atoms with E-state index in [0.717, 1.165) is 37.9 Å². The molecule has 0 aliphatic carbocycles. The van der Waals surface area contributed by atoms with Crippen molar-refractivity contribution in [3.63, 3.8) is 0 Å². The number of unbranched alkanes of at least 4 members (excludes halogenated alkanes) is 11. The zero-order valence-electron chi connectivity index (χ0n) is 28.5. The van der Waals surface area contributed by atoms with Crippen LogP contribution in [0.1, 0.15) is 142 Å². The lowest BCUT2D eigenvalue weighted by Crippen LogP contribution is -2.15. The van der Waals surface area contributed by atoms with E-state index >= 15 is 0 Å². The molecular weight excluding hydrogens is 592 g/mol. The van der Waals surface area contributed by atoms with Crippen molar-refractivity contribution in [3.05, 3.63) is 89.5 Å². The van der Waals surface area contributed by atoms with Gasteiger partial charge in [-0.05, 0) is 99.0 Å². The third-order valence-electron chi connectivity index (χ3n) is 7.98. The predicted octanol–water partition coefficient (Wildman–Crippen LogP) is 10.6. The smallest absolute Gasteiger partial charge is 0.343 e. The quantitative estimate of drug-likeness (QED) is 0.0611. The number of benzene rings is 3. The summed E-state index contributed by atoms with van der Waals surface area (Å²) in [7, 11) is 0. The van der Waals surface area contributed by atoms with Crippen molar-refractivity contribution in [2.75, 3.05) is 6.61 Å². The Balaban J connectivity index is 1.36. The van der Waals surface area contributed by atoms with Crippen molar-refractivity contribution in [1.29, 1.82) is 0 Å². The molecule has 7 nitrogen and oxygen atoms in total. The number of rotatable bonds is 22. The van der Waals surface area contributed by atoms with Crippen molar-refractivity contribution < 1.29 is 33.3 Å². The number of esters is 3. The molecule has 0 radical (unpaired) electrons. The van der Waals surface area contributed by atoms with Crippen LogP contribution in [0.15, 0.2) is 72.8 Å². The Morgan fingerprint density at radius 1 is 0.489 bits per heavy atom. The molecule has 0 spiro atoms. The van der Waals surface area contributed by atoms with Crippen molar-refractivity contribution in [2.45, 2.75) is 117 Å². The van der Waals surface area contributed by atoms with Gasteiger partial charge in [-0.25, -0.2) is 14.4 Å². The summed E-state index contributed by atoms with van der Waals surface area (Å²) in [4.78, 5) is 37.7. The summed E-state index contributed by atoms with van der Waals surface area (Å²) < 4.78 is 22.3. The first-order chi connectivity index (χ1) is 22.9. The van der Waals surface area contributed by atoms with E-state index in [1.165, 1.54) is 69.9 Å². The second-order valence-corrected chi connectivity index (χ2v) is 12.1. The summed E-state index contributed by atoms with van der Waals surface area (Å²) >= 11 is 0. The molecule has 0 heterocycles. The van der Waals surface area contributed by atoms with E-state index in [-0.39, 0.29) is 11.7 Å². The van der Waals surface area contributed by atoms with Gasteiger partial charge in [0.15, 0.2) is 0 Å². The maximum absolute atomic E-state index is 12.7. The van der Waals surface area contributed by atoms with Crippen molar-refractivity contribution in [3.8, 4) is 17.2 Å². The van der Waals surface area contributed by atoms with Gasteiger partial charge in [-0.3, -0.25) is 0 Å². The molecule has 1 atom stereocenters. The average Bonchev–Trinajstić information content (AvgIpc) is 3.08. The highest BCUT2D eigenvalue weighted by molar-refractivity contribution is 5.93. The molecule has 3 rings (SSSR count). The first-order valence-corrected chi connectivity index (χ1v) is 17.5. The van der Waals surface area contributed by atoms with Gasteiger partial charge in [0.05, 0.1) is 29.4 Å². The average molecular weight is 645 g/mol. The molecule has 0 fully saturated rings. The van der Waals surface area contributed by atoms with Crippen LogP contribution in [-0.4, -0.2) is 30.6 Å². The number of carbonyl (C=O) groups is 3. The van der Waals surface area contributed by atoms with Crippen LogP contribution in [0.4, 0.5) is 0 Å². The van der Waals surface area contributed by atoms with E-state index in [2.05, 4.69) is 13.8 Å². The highest BCUT2D eigenvalue weighted by atomic mass is 16.5. The van der Waals surface area contributed by atoms with Crippen LogP contribution in [0.25, 0.3) is 0 Å². The summed E-state index contributed by atoms with van der Waals surface area (Å²) in [5.74, 6) is -0.150. The van der Waals surface area contributed by atoms with Gasteiger partial charge in [-0.15, -0.1) is 0 Å². The molecule has 254 valence electrons. The number of carbonyl (C=O) groups excluding carboxylic acids is 3. The maximum atomic E-state index is 12.7. The minimum Gasteiger partial charge on any atom is -0.494 e. The summed E-state index contributed by atoms with van der Waals surface area (Å²) in [6, 6.07) is 19.3. The van der Waals surface area contributed by atoms with E-state index < -0.39 is 17.9 Å². The van der Waals surface area contributed by atoms with E-state index in [0.29, 0.717) is 29.2 Å². The standard InChI is InChI=1S/C40H52O7/c1-4-6-8-9-10-11-12-13-14-16-30-44-35-24-18-33(19-25-35)39(42)46-37-28-22-34(23-29-37)40(43)47-36-26-20-32(21-27-36)38(41)45-31(3)17-15-7-5-2/h18-29,31H,4-17,30H2,1-3H3. The van der Waals surface area contributed by atoms with Gasteiger partial charge in [0, 0.05) is 0 Å². The largest absolute Gasteiger partial charge is 0.494 e. The molecule has 7 heteroatoms. The maximum Gasteiger partial charge on any atom is 0.343 e. The Bertz CT molecular complexity index is 1330. The Kier molecular flexibility index (Phi) is 17.2. The molecule has 1 unspecified atom stereocenters. The Hall–Kier alpha value is -4.13. The number of hydrogen-bond acceptors (Lipinski definition) is 7. The minimum atomic E-state index is -0.573.